The predicted octanol–water partition coefficient (Wildman–Crippen LogP) is 4.05. The fraction of sp³-hybridized carbons (Fsp3) is 0.176. The smallest absolute Gasteiger partial charge is 0.233 e. The Kier molecular flexibility index (Phi) is 4.75. The SMILES string of the molecule is CN(Cc1nc2ccccc2s1)C(=O)CSc1ccccc1. The first-order chi connectivity index (χ1) is 10.7. The quantitative estimate of drug-likeness (QED) is 0.663. The fourth-order valence-corrected chi connectivity index (χ4v) is 3.93. The molecule has 1 heterocycles. The Morgan fingerprint density at radius 1 is 1.14 bits per heavy atom. The number of nitrogens with zero attached hydrogens (tertiary/aromatic N) is 2. The van der Waals surface area contributed by atoms with Crippen molar-refractivity contribution >= 4 is 39.2 Å². The van der Waals surface area contributed by atoms with Gasteiger partial charge >= 0.3 is 0 Å². The first kappa shape index (κ1) is 15.1. The largest absolute Gasteiger partial charge is 0.338 e. The van der Waals surface area contributed by atoms with Crippen LogP contribution in [0, 0.1) is 0 Å². The van der Waals surface area contributed by atoms with Crippen molar-refractivity contribution in [2.24, 2.45) is 0 Å². The van der Waals surface area contributed by atoms with Crippen molar-refractivity contribution in [2.75, 3.05) is 12.8 Å². The summed E-state index contributed by atoms with van der Waals surface area (Å²) in [4.78, 5) is 19.6. The molecule has 5 heteroatoms. The summed E-state index contributed by atoms with van der Waals surface area (Å²) in [6.45, 7) is 0.563. The van der Waals surface area contributed by atoms with E-state index in [2.05, 4.69) is 11.1 Å². The van der Waals surface area contributed by atoms with E-state index < -0.39 is 0 Å². The Balaban J connectivity index is 1.58. The van der Waals surface area contributed by atoms with Crippen LogP contribution in [0.25, 0.3) is 10.2 Å². The molecule has 112 valence electrons. The first-order valence-electron chi connectivity index (χ1n) is 6.98. The minimum atomic E-state index is 0.119. The Labute approximate surface area is 138 Å². The van der Waals surface area contributed by atoms with Crippen molar-refractivity contribution in [3.8, 4) is 0 Å². The van der Waals surface area contributed by atoms with Crippen molar-refractivity contribution in [2.45, 2.75) is 11.4 Å². The molecule has 0 aliphatic carbocycles. The van der Waals surface area contributed by atoms with Gasteiger partial charge in [0.05, 0.1) is 22.5 Å². The molecule has 3 aromatic rings. The van der Waals surface area contributed by atoms with E-state index in [0.29, 0.717) is 12.3 Å². The summed E-state index contributed by atoms with van der Waals surface area (Å²) in [5.41, 5.74) is 1.00. The van der Waals surface area contributed by atoms with E-state index in [1.807, 2.05) is 55.6 Å². The topological polar surface area (TPSA) is 33.2 Å². The number of amides is 1. The van der Waals surface area contributed by atoms with Gasteiger partial charge in [0.1, 0.15) is 5.01 Å². The normalized spacial score (nSPS) is 10.8. The van der Waals surface area contributed by atoms with Crippen molar-refractivity contribution in [3.05, 3.63) is 59.6 Å². The second kappa shape index (κ2) is 6.94. The molecule has 0 bridgehead atoms. The lowest BCUT2D eigenvalue weighted by atomic mass is 10.3. The maximum Gasteiger partial charge on any atom is 0.233 e. The second-order valence-corrected chi connectivity index (χ2v) is 7.09. The minimum Gasteiger partial charge on any atom is -0.338 e. The fourth-order valence-electron chi connectivity index (χ4n) is 2.05. The van der Waals surface area contributed by atoms with Gasteiger partial charge in [-0.05, 0) is 24.3 Å². The van der Waals surface area contributed by atoms with Gasteiger partial charge in [0.2, 0.25) is 5.91 Å². The monoisotopic (exact) mass is 328 g/mol. The molecule has 0 radical (unpaired) electrons. The zero-order valence-electron chi connectivity index (χ0n) is 12.2. The Morgan fingerprint density at radius 3 is 2.64 bits per heavy atom. The van der Waals surface area contributed by atoms with Crippen molar-refractivity contribution in [1.82, 2.24) is 9.88 Å². The molecule has 3 nitrogen and oxygen atoms in total. The summed E-state index contributed by atoms with van der Waals surface area (Å²) in [6.07, 6.45) is 0. The average Bonchev–Trinajstić information content (AvgIpc) is 2.95. The lowest BCUT2D eigenvalue weighted by Gasteiger charge is -2.15. The number of thioether (sulfide) groups is 1. The zero-order chi connectivity index (χ0) is 15.4. The van der Waals surface area contributed by atoms with E-state index in [4.69, 9.17) is 0 Å². The number of benzene rings is 2. The molecule has 0 atom stereocenters. The summed E-state index contributed by atoms with van der Waals surface area (Å²) in [5.74, 6) is 0.568. The maximum atomic E-state index is 12.2. The number of carbonyl (C=O) groups is 1. The highest BCUT2D eigenvalue weighted by atomic mass is 32.2. The van der Waals surface area contributed by atoms with Crippen LogP contribution in [0.2, 0.25) is 0 Å². The number of para-hydroxylation sites is 1. The molecule has 0 saturated carbocycles. The Morgan fingerprint density at radius 2 is 1.86 bits per heavy atom. The maximum absolute atomic E-state index is 12.2. The molecule has 1 amide bonds. The van der Waals surface area contributed by atoms with Gasteiger partial charge in [-0.2, -0.15) is 0 Å². The van der Waals surface area contributed by atoms with Crippen LogP contribution < -0.4 is 0 Å². The number of carbonyl (C=O) groups excluding carboxylic acids is 1. The third-order valence-corrected chi connectivity index (χ3v) is 5.26. The molecule has 2 aromatic carbocycles. The van der Waals surface area contributed by atoms with E-state index in [1.54, 1.807) is 28.0 Å². The summed E-state index contributed by atoms with van der Waals surface area (Å²) in [6, 6.07) is 18.0. The van der Waals surface area contributed by atoms with Gasteiger partial charge in [-0.3, -0.25) is 4.79 Å². The molecule has 22 heavy (non-hydrogen) atoms. The molecule has 0 unspecified atom stereocenters. The van der Waals surface area contributed by atoms with E-state index in [0.717, 1.165) is 20.1 Å². The number of fused-ring (bicyclic) bond motifs is 1. The average molecular weight is 328 g/mol. The van der Waals surface area contributed by atoms with E-state index >= 15 is 0 Å². The van der Waals surface area contributed by atoms with Crippen LogP contribution in [0.1, 0.15) is 5.01 Å². The third-order valence-electron chi connectivity index (χ3n) is 3.24. The van der Waals surface area contributed by atoms with Gasteiger partial charge in [0, 0.05) is 11.9 Å². The van der Waals surface area contributed by atoms with Crippen LogP contribution in [0.3, 0.4) is 0 Å². The molecule has 0 aliphatic heterocycles. The van der Waals surface area contributed by atoms with E-state index in [9.17, 15) is 4.79 Å². The molecule has 0 N–H and O–H groups in total. The van der Waals surface area contributed by atoms with Gasteiger partial charge in [0.15, 0.2) is 0 Å². The molecule has 0 saturated heterocycles. The molecule has 1 aromatic heterocycles. The summed E-state index contributed by atoms with van der Waals surface area (Å²) in [7, 11) is 1.83. The molecule has 0 spiro atoms. The van der Waals surface area contributed by atoms with Gasteiger partial charge in [-0.15, -0.1) is 23.1 Å². The van der Waals surface area contributed by atoms with E-state index in [1.165, 1.54) is 0 Å². The molecule has 0 fully saturated rings. The lowest BCUT2D eigenvalue weighted by Crippen LogP contribution is -2.27. The number of thiazole rings is 1. The van der Waals surface area contributed by atoms with Gasteiger partial charge in [-0.25, -0.2) is 4.98 Å². The zero-order valence-corrected chi connectivity index (χ0v) is 13.9. The van der Waals surface area contributed by atoms with Crippen LogP contribution in [0.4, 0.5) is 0 Å². The predicted molar refractivity (Wildman–Crippen MR) is 93.3 cm³/mol. The van der Waals surface area contributed by atoms with Crippen LogP contribution in [-0.2, 0) is 11.3 Å². The molecule has 3 rings (SSSR count). The highest BCUT2D eigenvalue weighted by Gasteiger charge is 2.12. The molecular formula is C17H16N2OS2. The number of hydrogen-bond acceptors (Lipinski definition) is 4. The molecule has 0 aliphatic rings. The minimum absolute atomic E-state index is 0.119. The first-order valence-corrected chi connectivity index (χ1v) is 8.79. The van der Waals surface area contributed by atoms with Crippen LogP contribution in [0.5, 0.6) is 0 Å². The van der Waals surface area contributed by atoms with Crippen molar-refractivity contribution in [1.29, 1.82) is 0 Å². The summed E-state index contributed by atoms with van der Waals surface area (Å²) >= 11 is 3.21. The van der Waals surface area contributed by atoms with Crippen molar-refractivity contribution in [3.63, 3.8) is 0 Å². The standard InChI is InChI=1S/C17H16N2OS2/c1-19(17(20)12-21-13-7-3-2-4-8-13)11-16-18-14-9-5-6-10-15(14)22-16/h2-10H,11-12H2,1H3. The number of aromatic nitrogens is 1. The number of hydrogen-bond donors (Lipinski definition) is 0. The van der Waals surface area contributed by atoms with E-state index in [-0.39, 0.29) is 5.91 Å². The van der Waals surface area contributed by atoms with Gasteiger partial charge in [0.25, 0.3) is 0 Å². The van der Waals surface area contributed by atoms with Crippen molar-refractivity contribution < 1.29 is 4.79 Å². The third kappa shape index (κ3) is 3.67. The van der Waals surface area contributed by atoms with Crippen LogP contribution in [0.15, 0.2) is 59.5 Å². The highest BCUT2D eigenvalue weighted by molar-refractivity contribution is 8.00. The number of rotatable bonds is 5. The van der Waals surface area contributed by atoms with Crippen LogP contribution in [-0.4, -0.2) is 28.6 Å². The molecular weight excluding hydrogens is 312 g/mol. The lowest BCUT2D eigenvalue weighted by molar-refractivity contribution is -0.127. The Hall–Kier alpha value is -1.85. The van der Waals surface area contributed by atoms with Gasteiger partial charge in [-0.1, -0.05) is 30.3 Å². The Bertz CT molecular complexity index is 737. The van der Waals surface area contributed by atoms with Gasteiger partial charge < -0.3 is 4.90 Å². The second-order valence-electron chi connectivity index (χ2n) is 4.93. The summed E-state index contributed by atoms with van der Waals surface area (Å²) in [5, 5.41) is 0.974. The summed E-state index contributed by atoms with van der Waals surface area (Å²) < 4.78 is 1.16. The highest BCUT2D eigenvalue weighted by Crippen LogP contribution is 2.23. The van der Waals surface area contributed by atoms with Crippen LogP contribution >= 0.6 is 23.1 Å².